The molecule has 0 aliphatic carbocycles. The Bertz CT molecular complexity index is 50.3. The molecule has 0 saturated heterocycles. The number of ether oxygens (including phenoxy) is 1. The van der Waals surface area contributed by atoms with Crippen molar-refractivity contribution in [1.82, 2.24) is 0 Å². The first-order chi connectivity index (χ1) is 3.81. The molecule has 9 heavy (non-hydrogen) atoms. The van der Waals surface area contributed by atoms with Gasteiger partial charge in [-0.2, -0.15) is 0 Å². The van der Waals surface area contributed by atoms with Gasteiger partial charge in [0.25, 0.3) is 0 Å². The zero-order valence-electron chi connectivity index (χ0n) is 6.26. The SMILES string of the molecule is [CH2-]CC(O)OCCC.[Na+]. The Hall–Kier alpha value is 0.920. The molecule has 0 aromatic rings. The van der Waals surface area contributed by atoms with Gasteiger partial charge in [0.2, 0.25) is 0 Å². The molecule has 0 spiro atoms. The summed E-state index contributed by atoms with van der Waals surface area (Å²) in [6.45, 7) is 6.08. The molecule has 1 atom stereocenters. The standard InChI is InChI=1S/C6H13O2.Na/c1-3-5-8-6(7)4-2;/h6-7H,2-5H2,1H3;/q-1;+1. The van der Waals surface area contributed by atoms with Crippen LogP contribution in [0.2, 0.25) is 0 Å². The van der Waals surface area contributed by atoms with E-state index in [2.05, 4.69) is 6.92 Å². The van der Waals surface area contributed by atoms with E-state index in [0.717, 1.165) is 6.42 Å². The average Bonchev–Trinajstić information content (AvgIpc) is 1.83. The summed E-state index contributed by atoms with van der Waals surface area (Å²) >= 11 is 0. The first kappa shape index (κ1) is 12.6. The maximum absolute atomic E-state index is 8.70. The van der Waals surface area contributed by atoms with E-state index in [9.17, 15) is 0 Å². The monoisotopic (exact) mass is 140 g/mol. The van der Waals surface area contributed by atoms with Crippen LogP contribution in [0.4, 0.5) is 0 Å². The third-order valence-corrected chi connectivity index (χ3v) is 0.761. The fraction of sp³-hybridized carbons (Fsp3) is 0.833. The Morgan fingerprint density at radius 2 is 2.22 bits per heavy atom. The first-order valence-corrected chi connectivity index (χ1v) is 2.90. The number of rotatable bonds is 4. The van der Waals surface area contributed by atoms with Gasteiger partial charge in [0.05, 0.1) is 0 Å². The van der Waals surface area contributed by atoms with Crippen LogP contribution in [0.15, 0.2) is 0 Å². The van der Waals surface area contributed by atoms with Gasteiger partial charge in [-0.05, 0) is 6.42 Å². The van der Waals surface area contributed by atoms with Crippen LogP contribution in [0.25, 0.3) is 0 Å². The Morgan fingerprint density at radius 3 is 2.56 bits per heavy atom. The van der Waals surface area contributed by atoms with Gasteiger partial charge in [0.15, 0.2) is 0 Å². The molecule has 0 aromatic carbocycles. The summed E-state index contributed by atoms with van der Waals surface area (Å²) in [5, 5.41) is 8.70. The second-order valence-electron chi connectivity index (χ2n) is 1.61. The Kier molecular flexibility index (Phi) is 12.5. The van der Waals surface area contributed by atoms with E-state index in [1.165, 1.54) is 0 Å². The van der Waals surface area contributed by atoms with Crippen molar-refractivity contribution in [2.75, 3.05) is 6.61 Å². The van der Waals surface area contributed by atoms with Crippen molar-refractivity contribution in [3.63, 3.8) is 0 Å². The van der Waals surface area contributed by atoms with Gasteiger partial charge < -0.3 is 16.8 Å². The van der Waals surface area contributed by atoms with Gasteiger partial charge in [0, 0.05) is 6.61 Å². The van der Waals surface area contributed by atoms with Crippen LogP contribution >= 0.6 is 0 Å². The van der Waals surface area contributed by atoms with Crippen molar-refractivity contribution in [3.8, 4) is 0 Å². The van der Waals surface area contributed by atoms with E-state index < -0.39 is 6.29 Å². The first-order valence-electron chi connectivity index (χ1n) is 2.90. The van der Waals surface area contributed by atoms with Crippen LogP contribution in [-0.2, 0) is 4.74 Å². The number of hydrogen-bond donors (Lipinski definition) is 1. The third kappa shape index (κ3) is 8.92. The summed E-state index contributed by atoms with van der Waals surface area (Å²) < 4.78 is 4.83. The molecule has 3 heteroatoms. The summed E-state index contributed by atoms with van der Waals surface area (Å²) in [6.07, 6.45) is 0.715. The molecule has 0 amide bonds. The molecule has 1 N–H and O–H groups in total. The summed E-state index contributed by atoms with van der Waals surface area (Å²) in [6, 6.07) is 0. The summed E-state index contributed by atoms with van der Waals surface area (Å²) in [7, 11) is 0. The number of aliphatic hydroxyl groups excluding tert-OH is 1. The molecule has 2 nitrogen and oxygen atoms in total. The molecule has 0 aliphatic heterocycles. The smallest absolute Gasteiger partial charge is 0.371 e. The van der Waals surface area contributed by atoms with Crippen LogP contribution in [-0.4, -0.2) is 18.0 Å². The summed E-state index contributed by atoms with van der Waals surface area (Å²) in [5.74, 6) is 0. The fourth-order valence-corrected chi connectivity index (χ4v) is 0.337. The number of hydrogen-bond acceptors (Lipinski definition) is 2. The molecule has 0 aromatic heterocycles. The normalized spacial score (nSPS) is 12.3. The minimum Gasteiger partial charge on any atom is -0.371 e. The van der Waals surface area contributed by atoms with E-state index in [1.807, 2.05) is 6.92 Å². The van der Waals surface area contributed by atoms with Crippen LogP contribution in [0, 0.1) is 6.92 Å². The maximum Gasteiger partial charge on any atom is 1.00 e. The van der Waals surface area contributed by atoms with E-state index in [-0.39, 0.29) is 29.6 Å². The second-order valence-corrected chi connectivity index (χ2v) is 1.61. The van der Waals surface area contributed by atoms with Crippen molar-refractivity contribution in [3.05, 3.63) is 6.92 Å². The zero-order valence-corrected chi connectivity index (χ0v) is 8.26. The van der Waals surface area contributed by atoms with Crippen molar-refractivity contribution in [1.29, 1.82) is 0 Å². The van der Waals surface area contributed by atoms with Gasteiger partial charge in [-0.1, -0.05) is 6.92 Å². The Balaban J connectivity index is 0. The van der Waals surface area contributed by atoms with E-state index in [0.29, 0.717) is 13.0 Å². The topological polar surface area (TPSA) is 29.5 Å². The third-order valence-electron chi connectivity index (χ3n) is 0.761. The summed E-state index contributed by atoms with van der Waals surface area (Å²) in [5.41, 5.74) is 0. The molecule has 0 bridgehead atoms. The van der Waals surface area contributed by atoms with Crippen molar-refractivity contribution >= 4 is 0 Å². The molecule has 0 rings (SSSR count). The van der Waals surface area contributed by atoms with Gasteiger partial charge in [-0.25, -0.2) is 0 Å². The van der Waals surface area contributed by atoms with Gasteiger partial charge >= 0.3 is 29.6 Å². The largest absolute Gasteiger partial charge is 1.00 e. The summed E-state index contributed by atoms with van der Waals surface area (Å²) in [4.78, 5) is 0. The Morgan fingerprint density at radius 1 is 1.67 bits per heavy atom. The van der Waals surface area contributed by atoms with Crippen LogP contribution < -0.4 is 29.6 Å². The molecule has 0 aliphatic rings. The minimum atomic E-state index is -0.657. The zero-order chi connectivity index (χ0) is 6.41. The predicted molar refractivity (Wildman–Crippen MR) is 32.2 cm³/mol. The van der Waals surface area contributed by atoms with Crippen LogP contribution in [0.5, 0.6) is 0 Å². The van der Waals surface area contributed by atoms with Crippen molar-refractivity contribution in [2.24, 2.45) is 0 Å². The quantitative estimate of drug-likeness (QED) is 0.277. The van der Waals surface area contributed by atoms with Crippen molar-refractivity contribution in [2.45, 2.75) is 26.1 Å². The van der Waals surface area contributed by atoms with Crippen LogP contribution in [0.1, 0.15) is 19.8 Å². The molecule has 50 valence electrons. The van der Waals surface area contributed by atoms with Gasteiger partial charge in [-0.3, -0.25) is 0 Å². The van der Waals surface area contributed by atoms with Gasteiger partial charge in [0.1, 0.15) is 6.29 Å². The minimum absolute atomic E-state index is 0. The van der Waals surface area contributed by atoms with E-state index >= 15 is 0 Å². The van der Waals surface area contributed by atoms with Gasteiger partial charge in [-0.15, -0.1) is 6.42 Å². The molecular formula is C6H13NaO2. The second kappa shape index (κ2) is 8.92. The molecule has 0 saturated carbocycles. The van der Waals surface area contributed by atoms with E-state index in [4.69, 9.17) is 9.84 Å². The average molecular weight is 140 g/mol. The fourth-order valence-electron chi connectivity index (χ4n) is 0.337. The predicted octanol–water partition coefficient (Wildman–Crippen LogP) is -2.04. The maximum atomic E-state index is 8.70. The molecule has 0 fully saturated rings. The van der Waals surface area contributed by atoms with E-state index in [1.54, 1.807) is 0 Å². The van der Waals surface area contributed by atoms with Crippen LogP contribution in [0.3, 0.4) is 0 Å². The Labute approximate surface area is 78.9 Å². The number of aliphatic hydroxyl groups is 1. The molecule has 0 radical (unpaired) electrons. The van der Waals surface area contributed by atoms with Crippen molar-refractivity contribution < 1.29 is 39.4 Å². The molecular weight excluding hydrogens is 127 g/mol. The molecule has 1 unspecified atom stereocenters. The molecule has 0 heterocycles.